The molecular formula is C29H35F5N4O4S. The molecule has 5 rings (SSSR count). The standard InChI is InChI=1S/C29H35F5N4O4S/c1-3-42-21-15-43(27(24-16(2)5-4-10-35-24)28(41)6-8-29(33,34)9-7-28)22(14-39)26(40)25(21)38-13-20(36-37-38)17-11-18(30)23(32)19(31)12-17/h4-5,10-13,21-22,25-27,39-41,43H,3,6-9,14-15H2,1-2H3/t21-,22+,25+,26-,27?/m0/s1. The number of aliphatic hydroxyl groups excluding tert-OH is 2. The van der Waals surface area contributed by atoms with E-state index in [1.807, 2.05) is 13.0 Å². The molecule has 14 heteroatoms. The number of hydrogen-bond donors (Lipinski definition) is 4. The molecule has 236 valence electrons. The van der Waals surface area contributed by atoms with Gasteiger partial charge in [-0.1, -0.05) is 11.3 Å². The number of aromatic nitrogens is 4. The largest absolute Gasteiger partial charge is 0.395 e. The third kappa shape index (κ3) is 6.17. The van der Waals surface area contributed by atoms with E-state index in [2.05, 4.69) is 15.3 Å². The SMILES string of the molecule is CCO[C@H]1C[SH](C(c2ncccc2C)C2(O)CCC(F)(F)CC2)[C@H](CO)[C@H](O)[C@@H]1n1cc(-c2cc(F)c(F)c(F)c2)nn1. The molecule has 2 unspecified atom stereocenters. The van der Waals surface area contributed by atoms with Crippen LogP contribution < -0.4 is 0 Å². The van der Waals surface area contributed by atoms with Crippen molar-refractivity contribution in [2.24, 2.45) is 0 Å². The van der Waals surface area contributed by atoms with E-state index in [4.69, 9.17) is 4.74 Å². The molecule has 2 aromatic heterocycles. The smallest absolute Gasteiger partial charge is 0.248 e. The lowest BCUT2D eigenvalue weighted by molar-refractivity contribution is -0.105. The normalized spacial score (nSPS) is 28.5. The predicted molar refractivity (Wildman–Crippen MR) is 151 cm³/mol. The Labute approximate surface area is 248 Å². The molecule has 0 bridgehead atoms. The second-order valence-electron chi connectivity index (χ2n) is 11.3. The van der Waals surface area contributed by atoms with Crippen molar-refractivity contribution in [3.63, 3.8) is 0 Å². The third-order valence-corrected chi connectivity index (χ3v) is 12.1. The zero-order chi connectivity index (χ0) is 31.1. The number of rotatable bonds is 8. The Morgan fingerprint density at radius 2 is 1.81 bits per heavy atom. The van der Waals surface area contributed by atoms with E-state index < -0.39 is 88.1 Å². The quantitative estimate of drug-likeness (QED) is 0.166. The number of nitrogens with zero attached hydrogens (tertiary/aromatic N) is 4. The van der Waals surface area contributed by atoms with Gasteiger partial charge >= 0.3 is 0 Å². The summed E-state index contributed by atoms with van der Waals surface area (Å²) in [5.41, 5.74) is -0.317. The highest BCUT2D eigenvalue weighted by Crippen LogP contribution is 2.61. The highest BCUT2D eigenvalue weighted by atomic mass is 32.2. The molecular weight excluding hydrogens is 595 g/mol. The Morgan fingerprint density at radius 3 is 2.42 bits per heavy atom. The van der Waals surface area contributed by atoms with Crippen molar-refractivity contribution in [2.75, 3.05) is 19.0 Å². The number of benzene rings is 1. The van der Waals surface area contributed by atoms with Crippen molar-refractivity contribution in [1.29, 1.82) is 0 Å². The number of alkyl halides is 2. The van der Waals surface area contributed by atoms with Gasteiger partial charge in [0.05, 0.1) is 41.6 Å². The van der Waals surface area contributed by atoms with Crippen LogP contribution in [-0.4, -0.2) is 83.2 Å². The molecule has 2 aliphatic rings. The van der Waals surface area contributed by atoms with Gasteiger partial charge in [-0.05, 0) is 50.5 Å². The second-order valence-corrected chi connectivity index (χ2v) is 13.9. The lowest BCUT2D eigenvalue weighted by atomic mass is 9.79. The van der Waals surface area contributed by atoms with Crippen LogP contribution in [-0.2, 0) is 4.74 Å². The molecule has 2 fully saturated rings. The summed E-state index contributed by atoms with van der Waals surface area (Å²) in [6.07, 6.45) is -0.424. The first-order valence-electron chi connectivity index (χ1n) is 14.1. The summed E-state index contributed by atoms with van der Waals surface area (Å²) < 4.78 is 77.2. The minimum Gasteiger partial charge on any atom is -0.395 e. The molecule has 1 saturated carbocycles. The minimum atomic E-state index is -2.90. The summed E-state index contributed by atoms with van der Waals surface area (Å²) in [4.78, 5) is 4.56. The number of ether oxygens (including phenoxy) is 1. The number of pyridine rings is 1. The van der Waals surface area contributed by atoms with Crippen LogP contribution in [0.1, 0.15) is 55.2 Å². The molecule has 6 atom stereocenters. The van der Waals surface area contributed by atoms with Crippen molar-refractivity contribution in [3.8, 4) is 11.3 Å². The van der Waals surface area contributed by atoms with Gasteiger partial charge in [0, 0.05) is 42.2 Å². The lowest BCUT2D eigenvalue weighted by Crippen LogP contribution is -2.54. The van der Waals surface area contributed by atoms with Crippen LogP contribution in [0.15, 0.2) is 36.7 Å². The molecule has 0 spiro atoms. The maximum absolute atomic E-state index is 14.2. The first-order chi connectivity index (χ1) is 20.4. The monoisotopic (exact) mass is 630 g/mol. The molecule has 43 heavy (non-hydrogen) atoms. The highest BCUT2D eigenvalue weighted by Gasteiger charge is 2.54. The molecule has 1 aliphatic heterocycles. The van der Waals surface area contributed by atoms with Crippen LogP contribution >= 0.6 is 10.9 Å². The van der Waals surface area contributed by atoms with E-state index in [0.29, 0.717) is 5.69 Å². The van der Waals surface area contributed by atoms with Crippen molar-refractivity contribution >= 4 is 10.9 Å². The van der Waals surface area contributed by atoms with Gasteiger partial charge in [0.15, 0.2) is 17.5 Å². The maximum atomic E-state index is 14.2. The summed E-state index contributed by atoms with van der Waals surface area (Å²) in [5, 5.41) is 40.9. The fraction of sp³-hybridized carbons (Fsp3) is 0.552. The van der Waals surface area contributed by atoms with Crippen LogP contribution in [0, 0.1) is 24.4 Å². The number of thiol groups is 1. The van der Waals surface area contributed by atoms with E-state index in [0.717, 1.165) is 17.7 Å². The van der Waals surface area contributed by atoms with Crippen LogP contribution in [0.2, 0.25) is 0 Å². The zero-order valence-electron chi connectivity index (χ0n) is 23.7. The molecule has 1 saturated heterocycles. The fourth-order valence-corrected chi connectivity index (χ4v) is 10.2. The average molecular weight is 631 g/mol. The fourth-order valence-electron chi connectivity index (χ4n) is 6.38. The minimum absolute atomic E-state index is 0.0214. The van der Waals surface area contributed by atoms with Crippen LogP contribution in [0.3, 0.4) is 0 Å². The third-order valence-electron chi connectivity index (χ3n) is 8.60. The van der Waals surface area contributed by atoms with Gasteiger partial charge in [-0.25, -0.2) is 37.5 Å². The van der Waals surface area contributed by atoms with Crippen molar-refractivity contribution in [1.82, 2.24) is 20.0 Å². The molecule has 3 aromatic rings. The Kier molecular flexibility index (Phi) is 9.15. The van der Waals surface area contributed by atoms with E-state index in [-0.39, 0.29) is 36.5 Å². The maximum Gasteiger partial charge on any atom is 0.248 e. The first-order valence-corrected chi connectivity index (χ1v) is 15.8. The molecule has 0 amide bonds. The van der Waals surface area contributed by atoms with Gasteiger partial charge in [-0.3, -0.25) is 4.98 Å². The highest BCUT2D eigenvalue weighted by molar-refractivity contribution is 8.18. The topological polar surface area (TPSA) is 114 Å². The van der Waals surface area contributed by atoms with Gasteiger partial charge in [0.1, 0.15) is 11.7 Å². The van der Waals surface area contributed by atoms with Crippen molar-refractivity contribution in [2.45, 2.75) is 79.8 Å². The Hall–Kier alpha value is -2.65. The van der Waals surface area contributed by atoms with E-state index in [9.17, 15) is 37.3 Å². The summed E-state index contributed by atoms with van der Waals surface area (Å²) in [7, 11) is -1.53. The van der Waals surface area contributed by atoms with Gasteiger partial charge < -0.3 is 20.1 Å². The molecule has 1 aliphatic carbocycles. The van der Waals surface area contributed by atoms with Gasteiger partial charge in [0.25, 0.3) is 0 Å². The average Bonchev–Trinajstić information content (AvgIpc) is 3.45. The molecule has 8 nitrogen and oxygen atoms in total. The number of aryl methyl sites for hydroxylation is 1. The van der Waals surface area contributed by atoms with Crippen LogP contribution in [0.5, 0.6) is 0 Å². The first kappa shape index (κ1) is 31.8. The van der Waals surface area contributed by atoms with E-state index in [1.54, 1.807) is 19.2 Å². The van der Waals surface area contributed by atoms with Crippen LogP contribution in [0.4, 0.5) is 22.0 Å². The summed E-state index contributed by atoms with van der Waals surface area (Å²) in [6.45, 7) is 3.34. The molecule has 0 radical (unpaired) electrons. The zero-order valence-corrected chi connectivity index (χ0v) is 24.6. The Morgan fingerprint density at radius 1 is 1.14 bits per heavy atom. The number of aliphatic hydroxyl groups is 3. The molecule has 1 aromatic carbocycles. The predicted octanol–water partition coefficient (Wildman–Crippen LogP) is 4.43. The lowest BCUT2D eigenvalue weighted by Gasteiger charge is -2.53. The summed E-state index contributed by atoms with van der Waals surface area (Å²) >= 11 is 0. The number of hydrogen-bond acceptors (Lipinski definition) is 7. The van der Waals surface area contributed by atoms with Gasteiger partial charge in [-0.15, -0.1) is 5.10 Å². The summed E-state index contributed by atoms with van der Waals surface area (Å²) in [5.74, 6) is -7.05. The van der Waals surface area contributed by atoms with Crippen molar-refractivity contribution in [3.05, 3.63) is 65.4 Å². The summed E-state index contributed by atoms with van der Waals surface area (Å²) in [6, 6.07) is 4.23. The van der Waals surface area contributed by atoms with Crippen LogP contribution in [0.25, 0.3) is 11.3 Å². The van der Waals surface area contributed by atoms with E-state index in [1.165, 1.54) is 10.9 Å². The second kappa shape index (κ2) is 12.4. The Bertz CT molecular complexity index is 1410. The number of halogens is 5. The van der Waals surface area contributed by atoms with Gasteiger partial charge in [-0.2, -0.15) is 0 Å². The Balaban J connectivity index is 1.54. The van der Waals surface area contributed by atoms with E-state index >= 15 is 0 Å². The molecule has 3 heterocycles. The molecule has 3 N–H and O–H groups in total. The van der Waals surface area contributed by atoms with Gasteiger partial charge in [0.2, 0.25) is 5.92 Å². The van der Waals surface area contributed by atoms with Crippen molar-refractivity contribution < 1.29 is 42.0 Å².